The van der Waals surface area contributed by atoms with E-state index in [4.69, 9.17) is 5.73 Å². The van der Waals surface area contributed by atoms with E-state index in [-0.39, 0.29) is 0 Å². The largest absolute Gasteiger partial charge is 0.373 e. The fourth-order valence-corrected chi connectivity index (χ4v) is 3.08. The summed E-state index contributed by atoms with van der Waals surface area (Å²) in [5.74, 6) is 3.14. The smallest absolute Gasteiger partial charge is 0.223 e. The molecule has 1 aromatic heterocycles. The summed E-state index contributed by atoms with van der Waals surface area (Å²) in [5.41, 5.74) is 5.73. The van der Waals surface area contributed by atoms with Gasteiger partial charge in [0.25, 0.3) is 0 Å². The van der Waals surface area contributed by atoms with E-state index in [0.717, 1.165) is 23.9 Å². The van der Waals surface area contributed by atoms with Crippen LogP contribution in [0.3, 0.4) is 0 Å². The number of hydrogen-bond donors (Lipinski definition) is 2. The van der Waals surface area contributed by atoms with Crippen LogP contribution in [-0.2, 0) is 0 Å². The lowest BCUT2D eigenvalue weighted by Gasteiger charge is -2.38. The van der Waals surface area contributed by atoms with Gasteiger partial charge in [-0.2, -0.15) is 21.7 Å². The Morgan fingerprint density at radius 2 is 2.24 bits per heavy atom. The summed E-state index contributed by atoms with van der Waals surface area (Å²) in [6, 6.07) is 2.42. The number of nitrogen functional groups attached to an aromatic ring is 1. The van der Waals surface area contributed by atoms with Crippen molar-refractivity contribution >= 4 is 29.3 Å². The number of thioether (sulfide) groups is 1. The lowest BCUT2D eigenvalue weighted by molar-refractivity contribution is 0.620. The maximum Gasteiger partial charge on any atom is 0.223 e. The highest BCUT2D eigenvalue weighted by Gasteiger charge is 2.26. The number of nitrogens with zero attached hydrogens (tertiary/aromatic N) is 3. The zero-order chi connectivity index (χ0) is 12.4. The van der Waals surface area contributed by atoms with Crippen molar-refractivity contribution in [3.63, 3.8) is 0 Å². The quantitative estimate of drug-likeness (QED) is 0.831. The predicted molar refractivity (Wildman–Crippen MR) is 74.7 cm³/mol. The molecule has 17 heavy (non-hydrogen) atoms. The molecule has 0 bridgehead atoms. The van der Waals surface area contributed by atoms with E-state index in [0.29, 0.717) is 17.2 Å². The summed E-state index contributed by atoms with van der Waals surface area (Å²) in [4.78, 5) is 10.8. The van der Waals surface area contributed by atoms with Crippen LogP contribution in [0.2, 0.25) is 0 Å². The van der Waals surface area contributed by atoms with Gasteiger partial charge in [0, 0.05) is 36.7 Å². The van der Waals surface area contributed by atoms with Crippen LogP contribution in [-0.4, -0.2) is 40.6 Å². The van der Waals surface area contributed by atoms with Crippen molar-refractivity contribution in [3.8, 4) is 0 Å². The molecule has 1 aliphatic rings. The van der Waals surface area contributed by atoms with Crippen LogP contribution >= 0.6 is 11.8 Å². The summed E-state index contributed by atoms with van der Waals surface area (Å²) in [7, 11) is 1.84. The SMILES string of the molecule is CNc1cc(N2CCSC(C)C2C)nc(N)n1. The molecule has 0 amide bonds. The van der Waals surface area contributed by atoms with Gasteiger partial charge in [-0.1, -0.05) is 6.92 Å². The first-order valence-electron chi connectivity index (χ1n) is 5.82. The molecule has 0 aliphatic carbocycles. The third-order valence-corrected chi connectivity index (χ3v) is 4.50. The predicted octanol–water partition coefficient (Wildman–Crippen LogP) is 1.43. The Morgan fingerprint density at radius 1 is 1.47 bits per heavy atom. The molecule has 1 aliphatic heterocycles. The first-order chi connectivity index (χ1) is 8.11. The molecule has 0 saturated carbocycles. The number of rotatable bonds is 2. The van der Waals surface area contributed by atoms with E-state index >= 15 is 0 Å². The molecular formula is C11H19N5S. The Balaban J connectivity index is 2.29. The number of anilines is 3. The summed E-state index contributed by atoms with van der Waals surface area (Å²) in [6.07, 6.45) is 0. The minimum Gasteiger partial charge on any atom is -0.373 e. The molecule has 5 nitrogen and oxygen atoms in total. The zero-order valence-electron chi connectivity index (χ0n) is 10.5. The molecule has 94 valence electrons. The Kier molecular flexibility index (Phi) is 3.61. The second-order valence-corrected chi connectivity index (χ2v) is 5.71. The monoisotopic (exact) mass is 253 g/mol. The van der Waals surface area contributed by atoms with Crippen LogP contribution in [0.25, 0.3) is 0 Å². The van der Waals surface area contributed by atoms with Crippen molar-refractivity contribution in [2.45, 2.75) is 25.1 Å². The van der Waals surface area contributed by atoms with Crippen molar-refractivity contribution in [3.05, 3.63) is 6.07 Å². The highest BCUT2D eigenvalue weighted by atomic mass is 32.2. The molecule has 1 fully saturated rings. The van der Waals surface area contributed by atoms with Gasteiger partial charge in [0.15, 0.2) is 0 Å². The zero-order valence-corrected chi connectivity index (χ0v) is 11.3. The first-order valence-corrected chi connectivity index (χ1v) is 6.87. The third kappa shape index (κ3) is 2.57. The normalized spacial score (nSPS) is 24.8. The van der Waals surface area contributed by atoms with Crippen LogP contribution < -0.4 is 16.0 Å². The van der Waals surface area contributed by atoms with Crippen molar-refractivity contribution in [1.29, 1.82) is 0 Å². The van der Waals surface area contributed by atoms with Gasteiger partial charge in [0.05, 0.1) is 0 Å². The molecular weight excluding hydrogens is 234 g/mol. The highest BCUT2D eigenvalue weighted by molar-refractivity contribution is 8.00. The van der Waals surface area contributed by atoms with Gasteiger partial charge in [-0.25, -0.2) is 0 Å². The van der Waals surface area contributed by atoms with Crippen molar-refractivity contribution < 1.29 is 0 Å². The number of nitrogens with two attached hydrogens (primary N) is 1. The summed E-state index contributed by atoms with van der Waals surface area (Å²) >= 11 is 2.01. The molecule has 1 saturated heterocycles. The summed E-state index contributed by atoms with van der Waals surface area (Å²) in [6.45, 7) is 5.50. The number of nitrogens with one attached hydrogen (secondary N) is 1. The Labute approximate surface area is 106 Å². The Bertz CT molecular complexity index is 397. The van der Waals surface area contributed by atoms with Crippen molar-refractivity contribution in [2.75, 3.05) is 35.3 Å². The highest BCUT2D eigenvalue weighted by Crippen LogP contribution is 2.29. The van der Waals surface area contributed by atoms with E-state index in [2.05, 4.69) is 34.0 Å². The van der Waals surface area contributed by atoms with Gasteiger partial charge in [-0.15, -0.1) is 0 Å². The molecule has 2 rings (SSSR count). The molecule has 2 unspecified atom stereocenters. The van der Waals surface area contributed by atoms with Gasteiger partial charge < -0.3 is 16.0 Å². The standard InChI is InChI=1S/C11H19N5S/c1-7-8(2)17-5-4-16(7)10-6-9(13-3)14-11(12)15-10/h6-8H,4-5H2,1-3H3,(H3,12,13,14,15). The maximum absolute atomic E-state index is 5.73. The lowest BCUT2D eigenvalue weighted by Crippen LogP contribution is -2.45. The van der Waals surface area contributed by atoms with E-state index < -0.39 is 0 Å². The van der Waals surface area contributed by atoms with E-state index in [1.165, 1.54) is 0 Å². The van der Waals surface area contributed by atoms with E-state index in [1.807, 2.05) is 24.9 Å². The second-order valence-electron chi connectivity index (χ2n) is 4.23. The number of aromatic nitrogens is 2. The van der Waals surface area contributed by atoms with Crippen LogP contribution in [0.4, 0.5) is 17.6 Å². The minimum absolute atomic E-state index is 0.324. The summed E-state index contributed by atoms with van der Waals surface area (Å²) < 4.78 is 0. The van der Waals surface area contributed by atoms with E-state index in [1.54, 1.807) is 0 Å². The van der Waals surface area contributed by atoms with Crippen molar-refractivity contribution in [1.82, 2.24) is 9.97 Å². The van der Waals surface area contributed by atoms with Crippen molar-refractivity contribution in [2.24, 2.45) is 0 Å². The van der Waals surface area contributed by atoms with Crippen LogP contribution in [0.15, 0.2) is 6.07 Å². The van der Waals surface area contributed by atoms with Crippen LogP contribution in [0.1, 0.15) is 13.8 Å². The van der Waals surface area contributed by atoms with Gasteiger partial charge in [-0.05, 0) is 6.92 Å². The average molecular weight is 253 g/mol. The van der Waals surface area contributed by atoms with Crippen LogP contribution in [0.5, 0.6) is 0 Å². The summed E-state index contributed by atoms with van der Waals surface area (Å²) in [5, 5.41) is 3.62. The lowest BCUT2D eigenvalue weighted by atomic mass is 10.2. The molecule has 0 radical (unpaired) electrons. The molecule has 0 aromatic carbocycles. The van der Waals surface area contributed by atoms with Gasteiger partial charge in [0.1, 0.15) is 11.6 Å². The molecule has 6 heteroatoms. The minimum atomic E-state index is 0.324. The molecule has 0 spiro atoms. The fraction of sp³-hybridized carbons (Fsp3) is 0.636. The third-order valence-electron chi connectivity index (χ3n) is 3.16. The second kappa shape index (κ2) is 5.00. The molecule has 3 N–H and O–H groups in total. The van der Waals surface area contributed by atoms with Crippen LogP contribution in [0, 0.1) is 0 Å². The van der Waals surface area contributed by atoms with E-state index in [9.17, 15) is 0 Å². The van der Waals surface area contributed by atoms with Gasteiger partial charge >= 0.3 is 0 Å². The topological polar surface area (TPSA) is 67.1 Å². The van der Waals surface area contributed by atoms with Gasteiger partial charge in [-0.3, -0.25) is 0 Å². The first kappa shape index (κ1) is 12.3. The molecule has 2 heterocycles. The van der Waals surface area contributed by atoms with Gasteiger partial charge in [0.2, 0.25) is 5.95 Å². The molecule has 2 atom stereocenters. The Hall–Kier alpha value is -1.17. The number of hydrogen-bond acceptors (Lipinski definition) is 6. The fourth-order valence-electron chi connectivity index (χ4n) is 1.98. The Morgan fingerprint density at radius 3 is 2.94 bits per heavy atom. The molecule has 1 aromatic rings. The maximum atomic E-state index is 5.73. The average Bonchev–Trinajstić information content (AvgIpc) is 2.31.